The highest BCUT2D eigenvalue weighted by molar-refractivity contribution is 5.91. The molecule has 2 rings (SSSR count). The van der Waals surface area contributed by atoms with Gasteiger partial charge in [0, 0.05) is 12.1 Å². The van der Waals surface area contributed by atoms with Crippen LogP contribution in [-0.2, 0) is 4.74 Å². The van der Waals surface area contributed by atoms with Gasteiger partial charge in [-0.3, -0.25) is 20.2 Å². The van der Waals surface area contributed by atoms with Gasteiger partial charge in [0.05, 0.1) is 21.5 Å². The lowest BCUT2D eigenvalue weighted by Gasteiger charge is -2.13. The Kier molecular flexibility index (Phi) is 4.65. The monoisotopic (exact) mass is 316 g/mol. The topological polar surface area (TPSA) is 113 Å². The number of non-ortho nitro benzene ring substituents is 2. The molecule has 0 aliphatic heterocycles. The Morgan fingerprint density at radius 3 is 2.00 bits per heavy atom. The largest absolute Gasteiger partial charge is 0.454 e. The van der Waals surface area contributed by atoms with Crippen LogP contribution >= 0.6 is 0 Å². The van der Waals surface area contributed by atoms with E-state index in [9.17, 15) is 25.0 Å². The Morgan fingerprint density at radius 1 is 1.00 bits per heavy atom. The summed E-state index contributed by atoms with van der Waals surface area (Å²) >= 11 is 0. The summed E-state index contributed by atoms with van der Waals surface area (Å²) in [6, 6.07) is 11.6. The van der Waals surface area contributed by atoms with Crippen LogP contribution in [0.25, 0.3) is 0 Å². The molecule has 0 saturated carbocycles. The second-order valence-electron chi connectivity index (χ2n) is 4.71. The van der Waals surface area contributed by atoms with E-state index in [1.165, 1.54) is 0 Å². The molecule has 0 aromatic heterocycles. The maximum Gasteiger partial charge on any atom is 0.339 e. The van der Waals surface area contributed by atoms with Gasteiger partial charge in [-0.1, -0.05) is 30.3 Å². The summed E-state index contributed by atoms with van der Waals surface area (Å²) < 4.78 is 5.21. The predicted molar refractivity (Wildman–Crippen MR) is 80.0 cm³/mol. The number of carbonyl (C=O) groups is 1. The van der Waals surface area contributed by atoms with Gasteiger partial charge in [0.15, 0.2) is 0 Å². The number of ether oxygens (including phenoxy) is 1. The Balaban J connectivity index is 2.28. The summed E-state index contributed by atoms with van der Waals surface area (Å²) in [6.07, 6.45) is -0.595. The second-order valence-corrected chi connectivity index (χ2v) is 4.71. The Morgan fingerprint density at radius 2 is 1.52 bits per heavy atom. The number of nitro groups is 2. The van der Waals surface area contributed by atoms with E-state index in [4.69, 9.17) is 4.74 Å². The molecule has 8 nitrogen and oxygen atoms in total. The third-order valence-corrected chi connectivity index (χ3v) is 3.11. The van der Waals surface area contributed by atoms with Crippen molar-refractivity contribution in [1.82, 2.24) is 0 Å². The number of rotatable bonds is 5. The summed E-state index contributed by atoms with van der Waals surface area (Å²) in [5.74, 6) is -0.867. The SMILES string of the molecule is CC(OC(=O)c1cc([N+](=O)[O-])cc([N+](=O)[O-])c1)c1ccccc1. The summed E-state index contributed by atoms with van der Waals surface area (Å²) in [7, 11) is 0. The summed E-state index contributed by atoms with van der Waals surface area (Å²) in [5, 5.41) is 21.7. The molecule has 8 heteroatoms. The van der Waals surface area contributed by atoms with Gasteiger partial charge < -0.3 is 4.74 Å². The van der Waals surface area contributed by atoms with E-state index in [-0.39, 0.29) is 5.56 Å². The van der Waals surface area contributed by atoms with E-state index < -0.39 is 33.3 Å². The fourth-order valence-corrected chi connectivity index (χ4v) is 1.94. The van der Waals surface area contributed by atoms with Crippen molar-refractivity contribution in [2.75, 3.05) is 0 Å². The van der Waals surface area contributed by atoms with Crippen molar-refractivity contribution < 1.29 is 19.4 Å². The van der Waals surface area contributed by atoms with Crippen molar-refractivity contribution in [2.24, 2.45) is 0 Å². The molecule has 0 heterocycles. The van der Waals surface area contributed by atoms with Crippen LogP contribution in [0.15, 0.2) is 48.5 Å². The van der Waals surface area contributed by atoms with E-state index in [0.717, 1.165) is 23.8 Å². The molecule has 1 atom stereocenters. The number of carbonyl (C=O) groups excluding carboxylic acids is 1. The number of esters is 1. The number of hydrogen-bond donors (Lipinski definition) is 0. The van der Waals surface area contributed by atoms with Gasteiger partial charge in [-0.2, -0.15) is 0 Å². The average molecular weight is 316 g/mol. The summed E-state index contributed by atoms with van der Waals surface area (Å²) in [5.41, 5.74) is -0.591. The molecule has 0 fully saturated rings. The first-order chi connectivity index (χ1) is 10.9. The standard InChI is InChI=1S/C15H12N2O6/c1-10(11-5-3-2-4-6-11)23-15(18)12-7-13(16(19)20)9-14(8-12)17(21)22/h2-10H,1H3. The molecule has 2 aromatic rings. The molecule has 118 valence electrons. The molecule has 0 aliphatic rings. The third kappa shape index (κ3) is 3.88. The van der Waals surface area contributed by atoms with E-state index in [1.54, 1.807) is 31.2 Å². The Hall–Kier alpha value is -3.29. The maximum atomic E-state index is 12.1. The first kappa shape index (κ1) is 16.1. The van der Waals surface area contributed by atoms with Gasteiger partial charge >= 0.3 is 5.97 Å². The zero-order valence-electron chi connectivity index (χ0n) is 12.0. The summed E-state index contributed by atoms with van der Waals surface area (Å²) in [6.45, 7) is 1.64. The molecule has 0 aliphatic carbocycles. The molecular formula is C15H12N2O6. The van der Waals surface area contributed by atoms with Gasteiger partial charge in [-0.25, -0.2) is 4.79 Å². The highest BCUT2D eigenvalue weighted by Crippen LogP contribution is 2.25. The molecule has 0 saturated heterocycles. The van der Waals surface area contributed by atoms with Crippen molar-refractivity contribution in [3.05, 3.63) is 79.9 Å². The van der Waals surface area contributed by atoms with E-state index >= 15 is 0 Å². The fraction of sp³-hybridized carbons (Fsp3) is 0.133. The summed E-state index contributed by atoms with van der Waals surface area (Å²) in [4.78, 5) is 32.2. The van der Waals surface area contributed by atoms with Crippen LogP contribution in [0.1, 0.15) is 28.9 Å². The van der Waals surface area contributed by atoms with Gasteiger partial charge in [-0.15, -0.1) is 0 Å². The number of hydrogen-bond acceptors (Lipinski definition) is 6. The average Bonchev–Trinajstić information content (AvgIpc) is 2.55. The molecule has 0 N–H and O–H groups in total. The van der Waals surface area contributed by atoms with Crippen molar-refractivity contribution in [1.29, 1.82) is 0 Å². The van der Waals surface area contributed by atoms with Crippen LogP contribution in [-0.4, -0.2) is 15.8 Å². The van der Waals surface area contributed by atoms with Gasteiger partial charge in [0.25, 0.3) is 11.4 Å². The molecular weight excluding hydrogens is 304 g/mol. The lowest BCUT2D eigenvalue weighted by Crippen LogP contribution is -2.10. The van der Waals surface area contributed by atoms with Crippen LogP contribution in [0, 0.1) is 20.2 Å². The lowest BCUT2D eigenvalue weighted by molar-refractivity contribution is -0.394. The Bertz CT molecular complexity index is 728. The van der Waals surface area contributed by atoms with Crippen LogP contribution < -0.4 is 0 Å². The minimum Gasteiger partial charge on any atom is -0.454 e. The smallest absolute Gasteiger partial charge is 0.339 e. The van der Waals surface area contributed by atoms with E-state index in [0.29, 0.717) is 0 Å². The quantitative estimate of drug-likeness (QED) is 0.474. The van der Waals surface area contributed by atoms with Crippen molar-refractivity contribution in [2.45, 2.75) is 13.0 Å². The van der Waals surface area contributed by atoms with Crippen molar-refractivity contribution in [3.8, 4) is 0 Å². The van der Waals surface area contributed by atoms with Gasteiger partial charge in [0.2, 0.25) is 0 Å². The minimum absolute atomic E-state index is 0.242. The first-order valence-corrected chi connectivity index (χ1v) is 6.58. The third-order valence-electron chi connectivity index (χ3n) is 3.11. The van der Waals surface area contributed by atoms with Crippen LogP contribution in [0.5, 0.6) is 0 Å². The fourth-order valence-electron chi connectivity index (χ4n) is 1.94. The van der Waals surface area contributed by atoms with E-state index in [1.807, 2.05) is 6.07 Å². The zero-order valence-corrected chi connectivity index (χ0v) is 12.0. The zero-order chi connectivity index (χ0) is 17.0. The highest BCUT2D eigenvalue weighted by Gasteiger charge is 2.22. The van der Waals surface area contributed by atoms with E-state index in [2.05, 4.69) is 0 Å². The molecule has 0 bridgehead atoms. The molecule has 1 unspecified atom stereocenters. The molecule has 0 radical (unpaired) electrons. The number of nitro benzene ring substituents is 2. The Labute approximate surface area is 130 Å². The maximum absolute atomic E-state index is 12.1. The molecule has 2 aromatic carbocycles. The molecule has 0 spiro atoms. The van der Waals surface area contributed by atoms with Crippen LogP contribution in [0.2, 0.25) is 0 Å². The van der Waals surface area contributed by atoms with Crippen molar-refractivity contribution >= 4 is 17.3 Å². The first-order valence-electron chi connectivity index (χ1n) is 6.58. The van der Waals surface area contributed by atoms with Crippen LogP contribution in [0.3, 0.4) is 0 Å². The normalized spacial score (nSPS) is 11.5. The molecule has 23 heavy (non-hydrogen) atoms. The molecule has 0 amide bonds. The van der Waals surface area contributed by atoms with Gasteiger partial charge in [-0.05, 0) is 12.5 Å². The minimum atomic E-state index is -0.867. The highest BCUT2D eigenvalue weighted by atomic mass is 16.6. The predicted octanol–water partition coefficient (Wildman–Crippen LogP) is 3.42. The second kappa shape index (κ2) is 6.65. The lowest BCUT2D eigenvalue weighted by atomic mass is 10.1. The van der Waals surface area contributed by atoms with Gasteiger partial charge in [0.1, 0.15) is 6.10 Å². The van der Waals surface area contributed by atoms with Crippen molar-refractivity contribution in [3.63, 3.8) is 0 Å². The van der Waals surface area contributed by atoms with Crippen LogP contribution in [0.4, 0.5) is 11.4 Å². The number of benzene rings is 2. The number of nitrogens with zero attached hydrogens (tertiary/aromatic N) is 2.